The number of aryl methyl sites for hydroxylation is 1. The van der Waals surface area contributed by atoms with E-state index in [1.165, 1.54) is 18.7 Å². The molecule has 0 saturated carbocycles. The van der Waals surface area contributed by atoms with E-state index in [1.807, 2.05) is 28.7 Å². The summed E-state index contributed by atoms with van der Waals surface area (Å²) in [7, 11) is 0. The van der Waals surface area contributed by atoms with Gasteiger partial charge in [0.2, 0.25) is 5.91 Å². The van der Waals surface area contributed by atoms with Crippen LogP contribution < -0.4 is 5.32 Å². The fraction of sp³-hybridized carbons (Fsp3) is 0.143. The van der Waals surface area contributed by atoms with Gasteiger partial charge in [-0.05, 0) is 55.8 Å². The summed E-state index contributed by atoms with van der Waals surface area (Å²) >= 11 is 1.34. The molecular formula is C21H18N4O2S. The molecule has 7 heteroatoms. The normalized spacial score (nSPS) is 11.1. The van der Waals surface area contributed by atoms with Crippen molar-refractivity contribution in [3.63, 3.8) is 0 Å². The molecule has 28 heavy (non-hydrogen) atoms. The lowest BCUT2D eigenvalue weighted by molar-refractivity contribution is -0.113. The molecule has 2 heterocycles. The molecular weight excluding hydrogens is 372 g/mol. The van der Waals surface area contributed by atoms with E-state index in [0.717, 1.165) is 22.1 Å². The average Bonchev–Trinajstić information content (AvgIpc) is 3.10. The highest BCUT2D eigenvalue weighted by Crippen LogP contribution is 2.25. The quantitative estimate of drug-likeness (QED) is 0.410. The first-order valence-corrected chi connectivity index (χ1v) is 9.78. The second-order valence-corrected chi connectivity index (χ2v) is 7.43. The third-order valence-electron chi connectivity index (χ3n) is 4.48. The number of benzene rings is 2. The molecule has 0 fully saturated rings. The molecule has 0 radical (unpaired) electrons. The number of nitrogens with zero attached hydrogens (tertiary/aromatic N) is 3. The highest BCUT2D eigenvalue weighted by molar-refractivity contribution is 7.99. The van der Waals surface area contributed by atoms with Crippen LogP contribution in [0.3, 0.4) is 0 Å². The fourth-order valence-corrected chi connectivity index (χ4v) is 3.84. The number of anilines is 1. The van der Waals surface area contributed by atoms with Crippen molar-refractivity contribution in [2.45, 2.75) is 19.0 Å². The predicted molar refractivity (Wildman–Crippen MR) is 111 cm³/mol. The molecule has 0 aliphatic heterocycles. The van der Waals surface area contributed by atoms with Crippen LogP contribution in [0.4, 0.5) is 5.69 Å². The fourth-order valence-electron chi connectivity index (χ4n) is 3.08. The van der Waals surface area contributed by atoms with Crippen LogP contribution in [0.1, 0.15) is 22.8 Å². The van der Waals surface area contributed by atoms with Crippen molar-refractivity contribution in [2.24, 2.45) is 0 Å². The lowest BCUT2D eigenvalue weighted by Gasteiger charge is -2.08. The number of aromatic nitrogens is 3. The molecule has 6 nitrogen and oxygen atoms in total. The van der Waals surface area contributed by atoms with Crippen LogP contribution >= 0.6 is 11.8 Å². The van der Waals surface area contributed by atoms with Crippen molar-refractivity contribution < 1.29 is 9.59 Å². The number of nitrogens with one attached hydrogen (secondary N) is 1. The molecule has 2 aromatic carbocycles. The minimum Gasteiger partial charge on any atom is -0.325 e. The molecule has 4 aromatic rings. The molecule has 1 N–H and O–H groups in total. The number of hydrogen-bond acceptors (Lipinski definition) is 5. The zero-order valence-electron chi connectivity index (χ0n) is 15.5. The van der Waals surface area contributed by atoms with Crippen molar-refractivity contribution in [2.75, 3.05) is 11.1 Å². The topological polar surface area (TPSA) is 76.4 Å². The third-order valence-corrected chi connectivity index (χ3v) is 5.41. The second kappa shape index (κ2) is 7.44. The van der Waals surface area contributed by atoms with Crippen LogP contribution in [-0.4, -0.2) is 32.0 Å². The molecule has 0 bridgehead atoms. The van der Waals surface area contributed by atoms with E-state index in [-0.39, 0.29) is 17.4 Å². The molecule has 0 aliphatic rings. The monoisotopic (exact) mass is 390 g/mol. The van der Waals surface area contributed by atoms with Gasteiger partial charge in [0.15, 0.2) is 16.6 Å². The smallest absolute Gasteiger partial charge is 0.234 e. The van der Waals surface area contributed by atoms with Gasteiger partial charge in [-0.25, -0.2) is 0 Å². The number of pyridine rings is 1. The Bertz CT molecular complexity index is 1200. The Kier molecular flexibility index (Phi) is 4.83. The maximum absolute atomic E-state index is 12.3. The standard InChI is InChI=1S/C21H18N4O2S/c1-13-11-19-23-24-21(25(19)18-6-4-3-5-17(13)18)28-12-20(27)22-16-9-7-15(8-10-16)14(2)26/h3-11H,12H2,1-2H3,(H,22,27). The van der Waals surface area contributed by atoms with E-state index in [2.05, 4.69) is 28.5 Å². The highest BCUT2D eigenvalue weighted by Gasteiger charge is 2.13. The molecule has 0 saturated heterocycles. The van der Waals surface area contributed by atoms with Gasteiger partial charge in [-0.3, -0.25) is 14.0 Å². The Hall–Kier alpha value is -3.19. The Morgan fingerprint density at radius 3 is 2.57 bits per heavy atom. The summed E-state index contributed by atoms with van der Waals surface area (Å²) < 4.78 is 1.97. The molecule has 0 atom stereocenters. The number of thioether (sulfide) groups is 1. The number of carbonyl (C=O) groups excluding carboxylic acids is 2. The van der Waals surface area contributed by atoms with Crippen LogP contribution in [0.15, 0.2) is 59.8 Å². The number of fused-ring (bicyclic) bond motifs is 3. The predicted octanol–water partition coefficient (Wildman–Crippen LogP) is 4.12. The summed E-state index contributed by atoms with van der Waals surface area (Å²) in [4.78, 5) is 23.7. The van der Waals surface area contributed by atoms with Gasteiger partial charge in [-0.1, -0.05) is 30.0 Å². The largest absolute Gasteiger partial charge is 0.325 e. The van der Waals surface area contributed by atoms with Crippen LogP contribution in [0, 0.1) is 6.92 Å². The number of carbonyl (C=O) groups is 2. The lowest BCUT2D eigenvalue weighted by atomic mass is 10.1. The molecule has 2 aromatic heterocycles. The third kappa shape index (κ3) is 3.48. The van der Waals surface area contributed by atoms with E-state index in [9.17, 15) is 9.59 Å². The summed E-state index contributed by atoms with van der Waals surface area (Å²) in [5, 5.41) is 13.1. The van der Waals surface area contributed by atoms with Gasteiger partial charge >= 0.3 is 0 Å². The van der Waals surface area contributed by atoms with E-state index in [0.29, 0.717) is 16.4 Å². The van der Waals surface area contributed by atoms with Crippen molar-refractivity contribution in [3.05, 3.63) is 65.7 Å². The molecule has 140 valence electrons. The van der Waals surface area contributed by atoms with E-state index >= 15 is 0 Å². The second-order valence-electron chi connectivity index (χ2n) is 6.49. The summed E-state index contributed by atoms with van der Waals surface area (Å²) in [5.74, 6) is 0.0561. The first-order valence-electron chi connectivity index (χ1n) is 8.80. The Morgan fingerprint density at radius 1 is 1.07 bits per heavy atom. The molecule has 0 spiro atoms. The number of amides is 1. The van der Waals surface area contributed by atoms with E-state index in [1.54, 1.807) is 24.3 Å². The number of rotatable bonds is 5. The van der Waals surface area contributed by atoms with Gasteiger partial charge < -0.3 is 5.32 Å². The van der Waals surface area contributed by atoms with Crippen LogP contribution in [0.2, 0.25) is 0 Å². The molecule has 0 aliphatic carbocycles. The number of para-hydroxylation sites is 1. The SMILES string of the molecule is CC(=O)c1ccc(NC(=O)CSc2nnc3cc(C)c4ccccc4n23)cc1. The maximum Gasteiger partial charge on any atom is 0.234 e. The van der Waals surface area contributed by atoms with Crippen LogP contribution in [0.25, 0.3) is 16.6 Å². The molecule has 1 amide bonds. The van der Waals surface area contributed by atoms with Gasteiger partial charge in [0.1, 0.15) is 0 Å². The zero-order valence-corrected chi connectivity index (χ0v) is 16.3. The van der Waals surface area contributed by atoms with Gasteiger partial charge in [-0.2, -0.15) is 0 Å². The first-order chi connectivity index (χ1) is 13.5. The van der Waals surface area contributed by atoms with Crippen molar-refractivity contribution in [1.82, 2.24) is 14.6 Å². The summed E-state index contributed by atoms with van der Waals surface area (Å²) in [6.07, 6.45) is 0. The van der Waals surface area contributed by atoms with Gasteiger partial charge in [0.25, 0.3) is 0 Å². The van der Waals surface area contributed by atoms with Crippen LogP contribution in [0.5, 0.6) is 0 Å². The Labute approximate surface area is 166 Å². The minimum absolute atomic E-state index is 0.00502. The summed E-state index contributed by atoms with van der Waals surface area (Å²) in [5.41, 5.74) is 4.19. The highest BCUT2D eigenvalue weighted by atomic mass is 32.2. The lowest BCUT2D eigenvalue weighted by Crippen LogP contribution is -2.14. The minimum atomic E-state index is -0.145. The van der Waals surface area contributed by atoms with Crippen LogP contribution in [-0.2, 0) is 4.79 Å². The first kappa shape index (κ1) is 18.2. The maximum atomic E-state index is 12.3. The average molecular weight is 390 g/mol. The van der Waals surface area contributed by atoms with Gasteiger partial charge in [0, 0.05) is 16.6 Å². The van der Waals surface area contributed by atoms with E-state index in [4.69, 9.17) is 0 Å². The number of ketones is 1. The van der Waals surface area contributed by atoms with Crippen molar-refractivity contribution in [3.8, 4) is 0 Å². The molecule has 0 unspecified atom stereocenters. The summed E-state index contributed by atoms with van der Waals surface area (Å²) in [6, 6.07) is 16.9. The summed E-state index contributed by atoms with van der Waals surface area (Å²) in [6.45, 7) is 3.56. The Balaban J connectivity index is 1.52. The molecule has 4 rings (SSSR count). The van der Waals surface area contributed by atoms with Crippen molar-refractivity contribution >= 4 is 45.7 Å². The zero-order chi connectivity index (χ0) is 19.7. The number of hydrogen-bond donors (Lipinski definition) is 1. The number of Topliss-reactive ketones (excluding diaryl/α,β-unsaturated/α-hetero) is 1. The van der Waals surface area contributed by atoms with E-state index < -0.39 is 0 Å². The van der Waals surface area contributed by atoms with Crippen molar-refractivity contribution in [1.29, 1.82) is 0 Å². The van der Waals surface area contributed by atoms with Gasteiger partial charge in [0.05, 0.1) is 11.3 Å². The van der Waals surface area contributed by atoms with Gasteiger partial charge in [-0.15, -0.1) is 10.2 Å². The Morgan fingerprint density at radius 2 is 1.82 bits per heavy atom.